The molecular formula is C23H25N3O2. The van der Waals surface area contributed by atoms with Crippen molar-refractivity contribution in [1.82, 2.24) is 10.3 Å². The van der Waals surface area contributed by atoms with Crippen LogP contribution in [-0.2, 0) is 6.42 Å². The van der Waals surface area contributed by atoms with Crippen LogP contribution in [0.25, 0.3) is 0 Å². The summed E-state index contributed by atoms with van der Waals surface area (Å²) in [5, 5.41) is 14.9. The topological polar surface area (TPSA) is 74.2 Å². The second-order valence-electron chi connectivity index (χ2n) is 6.79. The third-order valence-electron chi connectivity index (χ3n) is 4.59. The molecule has 0 fully saturated rings. The van der Waals surface area contributed by atoms with Crippen molar-refractivity contribution in [3.63, 3.8) is 0 Å². The van der Waals surface area contributed by atoms with E-state index in [0.29, 0.717) is 5.56 Å². The fourth-order valence-electron chi connectivity index (χ4n) is 3.01. The number of pyridine rings is 1. The van der Waals surface area contributed by atoms with Crippen LogP contribution in [0.1, 0.15) is 32.6 Å². The Labute approximate surface area is 165 Å². The number of anilines is 2. The summed E-state index contributed by atoms with van der Waals surface area (Å²) < 4.78 is 0. The number of rotatable bonds is 7. The Hall–Kier alpha value is -3.18. The summed E-state index contributed by atoms with van der Waals surface area (Å²) in [4.78, 5) is 16.7. The van der Waals surface area contributed by atoms with Gasteiger partial charge in [0.15, 0.2) is 0 Å². The van der Waals surface area contributed by atoms with Crippen LogP contribution in [0.2, 0.25) is 0 Å². The van der Waals surface area contributed by atoms with Crippen molar-refractivity contribution in [2.75, 3.05) is 18.5 Å². The van der Waals surface area contributed by atoms with Crippen molar-refractivity contribution in [3.8, 4) is 0 Å². The summed E-state index contributed by atoms with van der Waals surface area (Å²) >= 11 is 0. The molecule has 0 bridgehead atoms. The smallest absolute Gasteiger partial charge is 0.251 e. The van der Waals surface area contributed by atoms with E-state index in [1.54, 1.807) is 12.3 Å². The lowest BCUT2D eigenvalue weighted by molar-refractivity contribution is 0.0944. The molecule has 3 aromatic rings. The summed E-state index contributed by atoms with van der Waals surface area (Å²) in [7, 11) is 0. The third kappa shape index (κ3) is 4.96. The number of aryl methyl sites for hydroxylation is 1. The van der Waals surface area contributed by atoms with Gasteiger partial charge in [0.2, 0.25) is 0 Å². The summed E-state index contributed by atoms with van der Waals surface area (Å²) in [5.41, 5.74) is 5.91. The van der Waals surface area contributed by atoms with Gasteiger partial charge in [0.25, 0.3) is 5.91 Å². The van der Waals surface area contributed by atoms with Crippen molar-refractivity contribution in [2.24, 2.45) is 0 Å². The van der Waals surface area contributed by atoms with E-state index in [1.807, 2.05) is 31.2 Å². The Balaban J connectivity index is 1.77. The van der Waals surface area contributed by atoms with Crippen LogP contribution < -0.4 is 10.6 Å². The van der Waals surface area contributed by atoms with Crippen molar-refractivity contribution >= 4 is 17.4 Å². The Morgan fingerprint density at radius 1 is 1.04 bits per heavy atom. The maximum absolute atomic E-state index is 12.2. The molecule has 3 rings (SSSR count). The highest BCUT2D eigenvalue weighted by atomic mass is 16.3. The highest BCUT2D eigenvalue weighted by molar-refractivity contribution is 5.97. The van der Waals surface area contributed by atoms with E-state index in [9.17, 15) is 4.79 Å². The molecular weight excluding hydrogens is 350 g/mol. The average molecular weight is 375 g/mol. The molecule has 0 aliphatic rings. The zero-order valence-corrected chi connectivity index (χ0v) is 16.2. The summed E-state index contributed by atoms with van der Waals surface area (Å²) in [6.45, 7) is 4.13. The van der Waals surface area contributed by atoms with E-state index >= 15 is 0 Å². The van der Waals surface area contributed by atoms with Crippen LogP contribution in [0.4, 0.5) is 11.5 Å². The van der Waals surface area contributed by atoms with Gasteiger partial charge >= 0.3 is 0 Å². The Morgan fingerprint density at radius 3 is 2.57 bits per heavy atom. The molecule has 0 saturated carbocycles. The summed E-state index contributed by atoms with van der Waals surface area (Å²) in [6.07, 6.45) is 2.62. The number of aromatic nitrogens is 1. The number of amides is 1. The zero-order valence-electron chi connectivity index (χ0n) is 16.2. The lowest BCUT2D eigenvalue weighted by Gasteiger charge is -2.13. The van der Waals surface area contributed by atoms with Crippen LogP contribution in [0.3, 0.4) is 0 Å². The number of nitrogens with one attached hydrogen (secondary N) is 2. The molecule has 5 heteroatoms. The van der Waals surface area contributed by atoms with Crippen LogP contribution in [0, 0.1) is 13.8 Å². The van der Waals surface area contributed by atoms with Crippen LogP contribution in [0.5, 0.6) is 0 Å². The molecule has 3 N–H and O–H groups in total. The fraction of sp³-hybridized carbons (Fsp3) is 0.217. The van der Waals surface area contributed by atoms with Gasteiger partial charge in [-0.05, 0) is 61.2 Å². The predicted molar refractivity (Wildman–Crippen MR) is 112 cm³/mol. The first-order valence-corrected chi connectivity index (χ1v) is 9.33. The largest absolute Gasteiger partial charge is 0.395 e. The second kappa shape index (κ2) is 9.15. The molecule has 0 atom stereocenters. The van der Waals surface area contributed by atoms with Crippen LogP contribution in [0.15, 0.2) is 60.8 Å². The zero-order chi connectivity index (χ0) is 19.9. The van der Waals surface area contributed by atoms with Gasteiger partial charge in [-0.2, -0.15) is 0 Å². The van der Waals surface area contributed by atoms with Crippen molar-refractivity contribution < 1.29 is 9.90 Å². The van der Waals surface area contributed by atoms with E-state index in [1.165, 1.54) is 11.1 Å². The molecule has 28 heavy (non-hydrogen) atoms. The molecule has 2 aromatic carbocycles. The number of aliphatic hydroxyl groups excluding tert-OH is 1. The lowest BCUT2D eigenvalue weighted by Crippen LogP contribution is -2.27. The van der Waals surface area contributed by atoms with E-state index in [2.05, 4.69) is 46.8 Å². The Kier molecular flexibility index (Phi) is 6.40. The standard InChI is InChI=1S/C23H25N3O2/c1-16-6-8-18(9-7-16)14-19-10-11-24-22(15-19)26-21-5-3-4-20(17(21)2)23(28)25-12-13-27/h3-11,15,27H,12-14H2,1-2H3,(H,24,26)(H,25,28). The highest BCUT2D eigenvalue weighted by Gasteiger charge is 2.11. The first-order chi connectivity index (χ1) is 13.6. The molecule has 0 aliphatic carbocycles. The van der Waals surface area contributed by atoms with Gasteiger partial charge in [-0.3, -0.25) is 4.79 Å². The van der Waals surface area contributed by atoms with E-state index in [-0.39, 0.29) is 19.1 Å². The lowest BCUT2D eigenvalue weighted by atomic mass is 10.0. The SMILES string of the molecule is Cc1ccc(Cc2ccnc(Nc3cccc(C(=O)NCCO)c3C)c2)cc1. The predicted octanol–water partition coefficient (Wildman–Crippen LogP) is 3.75. The van der Waals surface area contributed by atoms with Crippen LogP contribution in [-0.4, -0.2) is 29.1 Å². The van der Waals surface area contributed by atoms with Gasteiger partial charge in [-0.1, -0.05) is 35.9 Å². The fourth-order valence-corrected chi connectivity index (χ4v) is 3.01. The molecule has 5 nitrogen and oxygen atoms in total. The van der Waals surface area contributed by atoms with Gasteiger partial charge in [0.05, 0.1) is 6.61 Å². The second-order valence-corrected chi connectivity index (χ2v) is 6.79. The molecule has 1 heterocycles. The number of nitrogens with zero attached hydrogens (tertiary/aromatic N) is 1. The number of carbonyl (C=O) groups is 1. The number of hydrogen-bond acceptors (Lipinski definition) is 4. The van der Waals surface area contributed by atoms with Crippen LogP contribution >= 0.6 is 0 Å². The number of aliphatic hydroxyl groups is 1. The van der Waals surface area contributed by atoms with Crippen molar-refractivity contribution in [2.45, 2.75) is 20.3 Å². The van der Waals surface area contributed by atoms with E-state index < -0.39 is 0 Å². The van der Waals surface area contributed by atoms with Crippen molar-refractivity contribution in [1.29, 1.82) is 0 Å². The van der Waals surface area contributed by atoms with Gasteiger partial charge in [0.1, 0.15) is 5.82 Å². The molecule has 0 radical (unpaired) electrons. The minimum Gasteiger partial charge on any atom is -0.395 e. The van der Waals surface area contributed by atoms with Gasteiger partial charge in [-0.25, -0.2) is 4.98 Å². The monoisotopic (exact) mass is 375 g/mol. The molecule has 144 valence electrons. The average Bonchev–Trinajstić information content (AvgIpc) is 2.70. The maximum Gasteiger partial charge on any atom is 0.251 e. The third-order valence-corrected chi connectivity index (χ3v) is 4.59. The number of carbonyl (C=O) groups excluding carboxylic acids is 1. The Bertz CT molecular complexity index is 952. The summed E-state index contributed by atoms with van der Waals surface area (Å²) in [5.74, 6) is 0.539. The number of hydrogen-bond donors (Lipinski definition) is 3. The molecule has 0 aliphatic heterocycles. The maximum atomic E-state index is 12.2. The van der Waals surface area contributed by atoms with Gasteiger partial charge in [-0.15, -0.1) is 0 Å². The minimum absolute atomic E-state index is 0.0829. The summed E-state index contributed by atoms with van der Waals surface area (Å²) in [6, 6.07) is 18.1. The van der Waals surface area contributed by atoms with E-state index in [0.717, 1.165) is 29.1 Å². The van der Waals surface area contributed by atoms with Gasteiger partial charge in [0, 0.05) is 24.0 Å². The molecule has 1 aromatic heterocycles. The Morgan fingerprint density at radius 2 is 1.82 bits per heavy atom. The minimum atomic E-state index is -0.198. The normalized spacial score (nSPS) is 10.5. The highest BCUT2D eigenvalue weighted by Crippen LogP contribution is 2.23. The van der Waals surface area contributed by atoms with Gasteiger partial charge < -0.3 is 15.7 Å². The van der Waals surface area contributed by atoms with Crippen molar-refractivity contribution in [3.05, 3.63) is 88.6 Å². The first-order valence-electron chi connectivity index (χ1n) is 9.33. The van der Waals surface area contributed by atoms with E-state index in [4.69, 9.17) is 5.11 Å². The molecule has 1 amide bonds. The number of benzene rings is 2. The molecule has 0 saturated heterocycles. The molecule has 0 unspecified atom stereocenters. The quantitative estimate of drug-likeness (QED) is 0.588. The first kappa shape index (κ1) is 19.6. The molecule has 0 spiro atoms.